The average molecular weight is 1020 g/mol. The summed E-state index contributed by atoms with van der Waals surface area (Å²) in [4.78, 5) is 0. The molecule has 0 bridgehead atoms. The molecule has 0 fully saturated rings. The molecule has 75 heavy (non-hydrogen) atoms. The smallest absolute Gasteiger partial charge is 0.131 e. The SMILES string of the molecule is CC(C)=CCc1cc(C(C)(C)C)cc2c1OC(C)(C)C=C2.CC(C)=CCc1cc(C(C)(C)C)ccc1O.CC1(C)C=Cc2cc(C(C)(C)C)ccc2O1.COc1c(CC=C(C)C)cc(C(C)(C)C)cc1CC=C(C)C. The van der Waals surface area contributed by atoms with Crippen molar-refractivity contribution in [3.63, 3.8) is 0 Å². The maximum atomic E-state index is 9.78. The van der Waals surface area contributed by atoms with E-state index in [0.29, 0.717) is 5.75 Å². The monoisotopic (exact) mass is 1020 g/mol. The molecule has 0 saturated heterocycles. The molecule has 4 heteroatoms. The maximum Gasteiger partial charge on any atom is 0.131 e. The van der Waals surface area contributed by atoms with Gasteiger partial charge in [0.1, 0.15) is 34.2 Å². The molecule has 0 unspecified atom stereocenters. The first-order chi connectivity index (χ1) is 34.3. The van der Waals surface area contributed by atoms with Crippen molar-refractivity contribution in [2.45, 2.75) is 225 Å². The van der Waals surface area contributed by atoms with E-state index >= 15 is 0 Å². The van der Waals surface area contributed by atoms with E-state index in [4.69, 9.17) is 14.2 Å². The summed E-state index contributed by atoms with van der Waals surface area (Å²) in [7, 11) is 1.78. The Kier molecular flexibility index (Phi) is 22.2. The predicted molar refractivity (Wildman–Crippen MR) is 329 cm³/mol. The highest BCUT2D eigenvalue weighted by atomic mass is 16.5. The van der Waals surface area contributed by atoms with Gasteiger partial charge in [0.2, 0.25) is 0 Å². The first kappa shape index (κ1) is 63.8. The Morgan fingerprint density at radius 1 is 0.453 bits per heavy atom. The fourth-order valence-electron chi connectivity index (χ4n) is 8.20. The van der Waals surface area contributed by atoms with Gasteiger partial charge in [0, 0.05) is 11.1 Å². The number of aromatic hydroxyl groups is 1. The van der Waals surface area contributed by atoms with Gasteiger partial charge in [-0.3, -0.25) is 0 Å². The molecule has 2 aliphatic heterocycles. The topological polar surface area (TPSA) is 47.9 Å². The Morgan fingerprint density at radius 2 is 0.800 bits per heavy atom. The molecule has 4 aromatic carbocycles. The molecule has 2 heterocycles. The third-order valence-corrected chi connectivity index (χ3v) is 13.2. The van der Waals surface area contributed by atoms with Gasteiger partial charge in [0.25, 0.3) is 0 Å². The van der Waals surface area contributed by atoms with Gasteiger partial charge >= 0.3 is 0 Å². The maximum absolute atomic E-state index is 9.78. The van der Waals surface area contributed by atoms with Crippen molar-refractivity contribution in [1.82, 2.24) is 0 Å². The van der Waals surface area contributed by atoms with Gasteiger partial charge in [-0.15, -0.1) is 0 Å². The van der Waals surface area contributed by atoms with E-state index in [9.17, 15) is 5.11 Å². The molecular formula is C71H102O4. The number of hydrogen-bond donors (Lipinski definition) is 1. The lowest BCUT2D eigenvalue weighted by molar-refractivity contribution is 0.157. The highest BCUT2D eigenvalue weighted by molar-refractivity contribution is 5.66. The van der Waals surface area contributed by atoms with Crippen LogP contribution in [0.3, 0.4) is 0 Å². The van der Waals surface area contributed by atoms with Crippen LogP contribution in [0.25, 0.3) is 12.2 Å². The number of allylic oxidation sites excluding steroid dienone is 8. The molecular weight excluding hydrogens is 917 g/mol. The minimum Gasteiger partial charge on any atom is -0.508 e. The Labute approximate surface area is 459 Å². The third kappa shape index (κ3) is 20.9. The quantitative estimate of drug-likeness (QED) is 0.170. The summed E-state index contributed by atoms with van der Waals surface area (Å²) in [6.45, 7) is 52.2. The van der Waals surface area contributed by atoms with Crippen LogP contribution in [0.15, 0.2) is 119 Å². The molecule has 0 aliphatic carbocycles. The number of benzene rings is 4. The Balaban J connectivity index is 0.000000266. The number of ether oxygens (including phenoxy) is 3. The van der Waals surface area contributed by atoms with E-state index in [-0.39, 0.29) is 32.9 Å². The summed E-state index contributed by atoms with van der Waals surface area (Å²) in [6, 6.07) is 21.6. The van der Waals surface area contributed by atoms with Crippen molar-refractivity contribution < 1.29 is 19.3 Å². The van der Waals surface area contributed by atoms with Crippen LogP contribution in [0.4, 0.5) is 0 Å². The summed E-state index contributed by atoms with van der Waals surface area (Å²) in [6.07, 6.45) is 21.2. The number of rotatable bonds is 9. The molecule has 4 aromatic rings. The predicted octanol–water partition coefficient (Wildman–Crippen LogP) is 20.1. The van der Waals surface area contributed by atoms with Crippen LogP contribution >= 0.6 is 0 Å². The van der Waals surface area contributed by atoms with E-state index in [1.54, 1.807) is 13.2 Å². The molecule has 410 valence electrons. The van der Waals surface area contributed by atoms with Crippen molar-refractivity contribution in [3.8, 4) is 23.0 Å². The van der Waals surface area contributed by atoms with Gasteiger partial charge in [0.05, 0.1) is 7.11 Å². The summed E-state index contributed by atoms with van der Waals surface area (Å²) in [5, 5.41) is 9.78. The second kappa shape index (κ2) is 26.0. The highest BCUT2D eigenvalue weighted by Gasteiger charge is 2.27. The van der Waals surface area contributed by atoms with Gasteiger partial charge in [-0.05, 0) is 211 Å². The number of phenolic OH excluding ortho intramolecular Hbond substituents is 1. The van der Waals surface area contributed by atoms with Crippen LogP contribution in [-0.2, 0) is 47.3 Å². The first-order valence-corrected chi connectivity index (χ1v) is 27.5. The van der Waals surface area contributed by atoms with Crippen LogP contribution in [0.5, 0.6) is 23.0 Å². The highest BCUT2D eigenvalue weighted by Crippen LogP contribution is 2.39. The van der Waals surface area contributed by atoms with Crippen molar-refractivity contribution in [1.29, 1.82) is 0 Å². The lowest BCUT2D eigenvalue weighted by Gasteiger charge is -2.31. The van der Waals surface area contributed by atoms with Crippen molar-refractivity contribution in [2.24, 2.45) is 0 Å². The van der Waals surface area contributed by atoms with E-state index in [1.807, 2.05) is 6.07 Å². The molecule has 2 aliphatic rings. The standard InChI is InChI=1S/C21H32O.C20H28O.C15H20O.C15H22O/c1-15(2)9-11-17-13-19(21(5,6)7)14-18(20(17)22-8)12-10-16(3)4;1-14(2)8-9-15-12-17(19(3,4)5)13-16-10-11-20(6,7)21-18(15)16;1-14(2,3)12-6-7-13-11(10-12)8-9-15(4,5)16-13;1-11(2)6-7-12-10-13(15(3,4)5)8-9-14(12)16/h9-10,13-14H,11-12H2,1-8H3;8,10-13H,9H2,1-7H3;6-10H,1-5H3;6,8-10,16H,7H2,1-5H3. The van der Waals surface area contributed by atoms with Crippen molar-refractivity contribution >= 4 is 12.2 Å². The number of hydrogen-bond acceptors (Lipinski definition) is 4. The fraction of sp³-hybridized carbons (Fsp3) is 0.493. The fourth-order valence-corrected chi connectivity index (χ4v) is 8.20. The number of phenols is 1. The minimum atomic E-state index is -0.226. The Bertz CT molecular complexity index is 2690. The number of fused-ring (bicyclic) bond motifs is 2. The second-order valence-corrected chi connectivity index (χ2v) is 27.0. The van der Waals surface area contributed by atoms with Crippen molar-refractivity contribution in [2.75, 3.05) is 7.11 Å². The average Bonchev–Trinajstić information content (AvgIpc) is 3.27. The zero-order chi connectivity index (χ0) is 57.1. The van der Waals surface area contributed by atoms with Crippen LogP contribution in [0.2, 0.25) is 0 Å². The largest absolute Gasteiger partial charge is 0.508 e. The second-order valence-electron chi connectivity index (χ2n) is 27.0. The molecule has 6 rings (SSSR count). The van der Waals surface area contributed by atoms with Gasteiger partial charge < -0.3 is 19.3 Å². The van der Waals surface area contributed by atoms with E-state index in [1.165, 1.54) is 72.4 Å². The van der Waals surface area contributed by atoms with Gasteiger partial charge in [-0.1, -0.05) is 178 Å². The van der Waals surface area contributed by atoms with Gasteiger partial charge in [-0.2, -0.15) is 0 Å². The van der Waals surface area contributed by atoms with Crippen LogP contribution < -0.4 is 14.2 Å². The molecule has 0 amide bonds. The zero-order valence-corrected chi connectivity index (χ0v) is 51.9. The van der Waals surface area contributed by atoms with Crippen molar-refractivity contribution in [3.05, 3.63) is 175 Å². The summed E-state index contributed by atoms with van der Waals surface area (Å²) in [5.74, 6) is 3.47. The Hall–Kier alpha value is -5.48. The minimum absolute atomic E-state index is 0.132. The molecule has 0 aromatic heterocycles. The summed E-state index contributed by atoms with van der Waals surface area (Å²) < 4.78 is 17.9. The van der Waals surface area contributed by atoms with Crippen LogP contribution in [-0.4, -0.2) is 23.4 Å². The summed E-state index contributed by atoms with van der Waals surface area (Å²) >= 11 is 0. The Morgan fingerprint density at radius 3 is 1.24 bits per heavy atom. The third-order valence-electron chi connectivity index (χ3n) is 13.2. The lowest BCUT2D eigenvalue weighted by Crippen LogP contribution is -2.28. The number of methoxy groups -OCH3 is 1. The normalized spacial score (nSPS) is 14.0. The van der Waals surface area contributed by atoms with Gasteiger partial charge in [0.15, 0.2) is 0 Å². The first-order valence-electron chi connectivity index (χ1n) is 27.5. The lowest BCUT2D eigenvalue weighted by atomic mass is 9.83. The van der Waals surface area contributed by atoms with E-state index in [2.05, 4.69) is 263 Å². The molecule has 0 radical (unpaired) electrons. The van der Waals surface area contributed by atoms with Gasteiger partial charge in [-0.25, -0.2) is 0 Å². The van der Waals surface area contributed by atoms with E-state index in [0.717, 1.165) is 48.5 Å². The molecule has 0 spiro atoms. The molecule has 0 atom stereocenters. The van der Waals surface area contributed by atoms with E-state index < -0.39 is 0 Å². The zero-order valence-electron chi connectivity index (χ0n) is 51.9. The van der Waals surface area contributed by atoms with Crippen LogP contribution in [0.1, 0.15) is 222 Å². The summed E-state index contributed by atoms with van der Waals surface area (Å²) in [5.41, 5.74) is 18.1. The molecule has 0 saturated carbocycles. The molecule has 4 nitrogen and oxygen atoms in total. The molecule has 1 N–H and O–H groups in total. The van der Waals surface area contributed by atoms with Crippen LogP contribution in [0, 0.1) is 0 Å².